The van der Waals surface area contributed by atoms with Crippen molar-refractivity contribution in [3.63, 3.8) is 0 Å². The standard InChI is InChI=1S/C15H31.C3H5O.Ti/c1-3-5-7-9-11-13-15-14-12-10-8-6-4-2;1-3(2)4;/h1,3-15H2,2H3;1H2,2H3;/q2*-1;+2. The third-order valence-corrected chi connectivity index (χ3v) is 3.10. The van der Waals surface area contributed by atoms with Gasteiger partial charge in [-0.2, -0.15) is 6.42 Å². The van der Waals surface area contributed by atoms with Gasteiger partial charge in [-0.1, -0.05) is 84.0 Å². The molecule has 0 saturated carbocycles. The first-order valence-corrected chi connectivity index (χ1v) is 8.26. The molecule has 0 heterocycles. The van der Waals surface area contributed by atoms with Crippen molar-refractivity contribution in [1.82, 2.24) is 0 Å². The molecular weight excluding hydrogens is 280 g/mol. The molecule has 0 N–H and O–H groups in total. The predicted molar refractivity (Wildman–Crippen MR) is 87.1 cm³/mol. The summed E-state index contributed by atoms with van der Waals surface area (Å²) in [5.41, 5.74) is 0. The molecule has 0 spiro atoms. The summed E-state index contributed by atoms with van der Waals surface area (Å²) in [5.74, 6) is -0.0833. The zero-order chi connectivity index (χ0) is 14.8. The van der Waals surface area contributed by atoms with E-state index in [-0.39, 0.29) is 27.5 Å². The molecule has 0 aliphatic rings. The molecule has 0 aliphatic heterocycles. The number of hydrogen-bond acceptors (Lipinski definition) is 1. The fourth-order valence-corrected chi connectivity index (χ4v) is 2.02. The van der Waals surface area contributed by atoms with Crippen molar-refractivity contribution < 1.29 is 26.5 Å². The summed E-state index contributed by atoms with van der Waals surface area (Å²) in [6, 6.07) is 0. The molecule has 0 saturated heterocycles. The Hall–Kier alpha value is 0.254. The second-order valence-electron chi connectivity index (χ2n) is 5.44. The van der Waals surface area contributed by atoms with E-state index >= 15 is 0 Å². The summed E-state index contributed by atoms with van der Waals surface area (Å²) < 4.78 is 0. The summed E-state index contributed by atoms with van der Waals surface area (Å²) in [5, 5.41) is 0. The van der Waals surface area contributed by atoms with Crippen LogP contribution in [0.15, 0.2) is 0 Å². The van der Waals surface area contributed by atoms with E-state index in [4.69, 9.17) is 0 Å². The molecule has 0 amide bonds. The van der Waals surface area contributed by atoms with Gasteiger partial charge in [0.25, 0.3) is 0 Å². The van der Waals surface area contributed by atoms with Crippen LogP contribution in [0.4, 0.5) is 0 Å². The van der Waals surface area contributed by atoms with Crippen molar-refractivity contribution in [2.45, 2.75) is 97.3 Å². The van der Waals surface area contributed by atoms with Gasteiger partial charge in [0.2, 0.25) is 0 Å². The van der Waals surface area contributed by atoms with Crippen LogP contribution in [0.5, 0.6) is 0 Å². The average Bonchev–Trinajstić information content (AvgIpc) is 2.35. The summed E-state index contributed by atoms with van der Waals surface area (Å²) in [4.78, 5) is 9.33. The average molecular weight is 316 g/mol. The second-order valence-corrected chi connectivity index (χ2v) is 5.44. The van der Waals surface area contributed by atoms with Gasteiger partial charge in [0.1, 0.15) is 0 Å². The van der Waals surface area contributed by atoms with Crippen LogP contribution in [0.2, 0.25) is 0 Å². The summed E-state index contributed by atoms with van der Waals surface area (Å²) in [7, 11) is 0. The third kappa shape index (κ3) is 36.2. The number of rotatable bonds is 12. The Morgan fingerprint density at radius 2 is 1.00 bits per heavy atom. The van der Waals surface area contributed by atoms with E-state index in [0.29, 0.717) is 0 Å². The van der Waals surface area contributed by atoms with Crippen molar-refractivity contribution in [3.05, 3.63) is 13.8 Å². The van der Waals surface area contributed by atoms with Gasteiger partial charge < -0.3 is 18.6 Å². The molecule has 0 unspecified atom stereocenters. The minimum Gasteiger partial charge on any atom is -0.343 e. The molecule has 0 rings (SSSR count). The molecule has 0 aliphatic carbocycles. The number of carbonyl (C=O) groups excluding carboxylic acids is 1. The number of ketones is 1. The van der Waals surface area contributed by atoms with E-state index in [2.05, 4.69) is 20.8 Å². The van der Waals surface area contributed by atoms with Gasteiger partial charge in [0.15, 0.2) is 0 Å². The quantitative estimate of drug-likeness (QED) is 0.234. The van der Waals surface area contributed by atoms with Crippen LogP contribution in [0, 0.1) is 13.8 Å². The first kappa shape index (κ1) is 25.2. The second kappa shape index (κ2) is 24.3. The number of carbonyl (C=O) groups is 1. The van der Waals surface area contributed by atoms with Gasteiger partial charge in [-0.3, -0.25) is 0 Å². The van der Waals surface area contributed by atoms with Gasteiger partial charge in [0, 0.05) is 0 Å². The molecule has 0 aromatic rings. The van der Waals surface area contributed by atoms with E-state index in [1.165, 1.54) is 84.0 Å². The molecule has 20 heavy (non-hydrogen) atoms. The first-order chi connectivity index (χ1) is 9.15. The van der Waals surface area contributed by atoms with E-state index in [1.807, 2.05) is 0 Å². The molecule has 2 heteroatoms. The monoisotopic (exact) mass is 316 g/mol. The van der Waals surface area contributed by atoms with Gasteiger partial charge in [-0.05, 0) is 12.7 Å². The fourth-order valence-electron chi connectivity index (χ4n) is 2.02. The van der Waals surface area contributed by atoms with Crippen LogP contribution in [0.3, 0.4) is 0 Å². The van der Waals surface area contributed by atoms with Crippen LogP contribution in [-0.4, -0.2) is 5.78 Å². The minimum absolute atomic E-state index is 0. The zero-order valence-corrected chi connectivity index (χ0v) is 15.6. The van der Waals surface area contributed by atoms with Gasteiger partial charge in [-0.25, -0.2) is 0 Å². The Kier molecular flexibility index (Phi) is 30.6. The van der Waals surface area contributed by atoms with Crippen LogP contribution in [0.25, 0.3) is 0 Å². The topological polar surface area (TPSA) is 17.1 Å². The summed E-state index contributed by atoms with van der Waals surface area (Å²) >= 11 is 0. The Morgan fingerprint density at radius 3 is 1.25 bits per heavy atom. The van der Waals surface area contributed by atoms with Gasteiger partial charge >= 0.3 is 21.7 Å². The predicted octanol–water partition coefficient (Wildman–Crippen LogP) is 6.32. The Morgan fingerprint density at radius 1 is 0.750 bits per heavy atom. The third-order valence-electron chi connectivity index (χ3n) is 3.10. The number of hydrogen-bond donors (Lipinski definition) is 0. The van der Waals surface area contributed by atoms with Crippen molar-refractivity contribution in [1.29, 1.82) is 0 Å². The fraction of sp³-hybridized carbons (Fsp3) is 0.833. The first-order valence-electron chi connectivity index (χ1n) is 8.26. The van der Waals surface area contributed by atoms with Crippen molar-refractivity contribution in [3.8, 4) is 0 Å². The van der Waals surface area contributed by atoms with Crippen molar-refractivity contribution in [2.75, 3.05) is 0 Å². The van der Waals surface area contributed by atoms with Crippen LogP contribution in [-0.2, 0) is 26.5 Å². The molecule has 0 aromatic carbocycles. The Labute approximate surface area is 143 Å². The molecular formula is C18H36OTi. The molecule has 118 valence electrons. The summed E-state index contributed by atoms with van der Waals surface area (Å²) in [6.07, 6.45) is 18.3. The molecule has 1 nitrogen and oxygen atoms in total. The smallest absolute Gasteiger partial charge is 0.343 e. The van der Waals surface area contributed by atoms with Crippen molar-refractivity contribution in [2.24, 2.45) is 0 Å². The van der Waals surface area contributed by atoms with E-state index in [9.17, 15) is 4.79 Å². The maximum atomic E-state index is 9.33. The molecule has 0 aromatic heterocycles. The molecule has 0 atom stereocenters. The SMILES string of the molecule is [CH2-]C(C)=O.[CH2-]CCCCCCCCCCCCCC.[Ti+2]. The molecule has 0 bridgehead atoms. The summed E-state index contributed by atoms with van der Waals surface area (Å²) in [6.45, 7) is 10.6. The van der Waals surface area contributed by atoms with Crippen LogP contribution >= 0.6 is 0 Å². The number of Topliss-reactive ketones (excluding diaryl/α,β-unsaturated/α-hetero) is 1. The van der Waals surface area contributed by atoms with Gasteiger partial charge in [-0.15, -0.1) is 0 Å². The van der Waals surface area contributed by atoms with Crippen LogP contribution < -0.4 is 0 Å². The Bertz CT molecular complexity index is 153. The normalized spacial score (nSPS) is 9.35. The molecule has 0 fully saturated rings. The van der Waals surface area contributed by atoms with Crippen LogP contribution in [0.1, 0.15) is 97.3 Å². The van der Waals surface area contributed by atoms with E-state index in [1.54, 1.807) is 0 Å². The van der Waals surface area contributed by atoms with E-state index in [0.717, 1.165) is 6.42 Å². The molecule has 0 radical (unpaired) electrons. The zero-order valence-electron chi connectivity index (χ0n) is 14.0. The van der Waals surface area contributed by atoms with E-state index < -0.39 is 0 Å². The van der Waals surface area contributed by atoms with Gasteiger partial charge in [0.05, 0.1) is 0 Å². The van der Waals surface area contributed by atoms with Crippen molar-refractivity contribution >= 4 is 5.78 Å². The maximum Gasteiger partial charge on any atom is 2.00 e. The maximum absolute atomic E-state index is 9.33. The number of unbranched alkanes of at least 4 members (excludes halogenated alkanes) is 12. The Balaban J connectivity index is -0.000000508. The largest absolute Gasteiger partial charge is 2.00 e. The minimum atomic E-state index is -0.0833.